The number of nitrogens with two attached hydrogens (primary N) is 1. The van der Waals surface area contributed by atoms with E-state index < -0.39 is 5.91 Å². The predicted molar refractivity (Wildman–Crippen MR) is 79.5 cm³/mol. The number of pyridine rings is 1. The molecule has 5 nitrogen and oxygen atoms in total. The molecule has 3 N–H and O–H groups in total. The Morgan fingerprint density at radius 2 is 2.05 bits per heavy atom. The largest absolute Gasteiger partial charge is 0.364 e. The van der Waals surface area contributed by atoms with Crippen molar-refractivity contribution in [1.82, 2.24) is 9.97 Å². The number of amides is 1. The monoisotopic (exact) mass is 276 g/mol. The van der Waals surface area contributed by atoms with Crippen molar-refractivity contribution in [2.24, 2.45) is 5.73 Å². The molecular formula is C16H12N4O. The predicted octanol–water partition coefficient (Wildman–Crippen LogP) is 2.51. The topological polar surface area (TPSA) is 95.6 Å². The molecule has 3 rings (SSSR count). The van der Waals surface area contributed by atoms with Crippen molar-refractivity contribution in [2.45, 2.75) is 6.92 Å². The van der Waals surface area contributed by atoms with E-state index in [1.165, 1.54) is 0 Å². The number of fused-ring (bicyclic) bond motifs is 1. The zero-order chi connectivity index (χ0) is 15.0. The van der Waals surface area contributed by atoms with Gasteiger partial charge in [0.25, 0.3) is 5.91 Å². The zero-order valence-electron chi connectivity index (χ0n) is 11.3. The summed E-state index contributed by atoms with van der Waals surface area (Å²) in [7, 11) is 0. The van der Waals surface area contributed by atoms with Crippen LogP contribution >= 0.6 is 0 Å². The minimum Gasteiger partial charge on any atom is -0.364 e. The number of rotatable bonds is 2. The van der Waals surface area contributed by atoms with Crippen LogP contribution in [-0.4, -0.2) is 15.9 Å². The Bertz CT molecular complexity index is 888. The molecule has 0 saturated heterocycles. The molecule has 0 bridgehead atoms. The number of nitrogens with one attached hydrogen (secondary N) is 1. The number of aromatic nitrogens is 2. The number of aromatic amines is 1. The first-order chi connectivity index (χ1) is 10.1. The van der Waals surface area contributed by atoms with E-state index in [0.29, 0.717) is 11.3 Å². The molecule has 0 radical (unpaired) electrons. The molecular weight excluding hydrogens is 264 g/mol. The Labute approximate surface area is 121 Å². The third-order valence-corrected chi connectivity index (χ3v) is 3.53. The van der Waals surface area contributed by atoms with Crippen molar-refractivity contribution >= 4 is 16.8 Å². The maximum absolute atomic E-state index is 11.5. The third-order valence-electron chi connectivity index (χ3n) is 3.53. The maximum atomic E-state index is 11.5. The molecule has 1 amide bonds. The summed E-state index contributed by atoms with van der Waals surface area (Å²) in [6.07, 6.45) is 3.37. The van der Waals surface area contributed by atoms with E-state index >= 15 is 0 Å². The van der Waals surface area contributed by atoms with Crippen LogP contribution in [-0.2, 0) is 0 Å². The lowest BCUT2D eigenvalue weighted by Gasteiger charge is -2.04. The Morgan fingerprint density at radius 3 is 2.67 bits per heavy atom. The highest BCUT2D eigenvalue weighted by Gasteiger charge is 2.16. The van der Waals surface area contributed by atoms with Gasteiger partial charge in [0.05, 0.1) is 17.1 Å². The van der Waals surface area contributed by atoms with Gasteiger partial charge in [0.15, 0.2) is 0 Å². The van der Waals surface area contributed by atoms with Crippen molar-refractivity contribution in [3.8, 4) is 17.2 Å². The van der Waals surface area contributed by atoms with Gasteiger partial charge in [0.1, 0.15) is 5.69 Å². The molecule has 0 saturated carbocycles. The van der Waals surface area contributed by atoms with E-state index in [2.05, 4.69) is 16.0 Å². The number of aryl methyl sites for hydroxylation is 1. The van der Waals surface area contributed by atoms with Crippen LogP contribution in [0.4, 0.5) is 0 Å². The molecule has 0 aliphatic rings. The van der Waals surface area contributed by atoms with E-state index in [0.717, 1.165) is 27.6 Å². The number of nitrogens with zero attached hydrogens (tertiary/aromatic N) is 2. The average molecular weight is 276 g/mol. The summed E-state index contributed by atoms with van der Waals surface area (Å²) in [5.74, 6) is -0.511. The van der Waals surface area contributed by atoms with Crippen LogP contribution in [0.15, 0.2) is 36.7 Å². The van der Waals surface area contributed by atoms with Crippen molar-refractivity contribution in [3.05, 3.63) is 53.5 Å². The van der Waals surface area contributed by atoms with Crippen LogP contribution in [0, 0.1) is 18.3 Å². The first-order valence-electron chi connectivity index (χ1n) is 6.38. The number of benzene rings is 1. The number of carbonyl (C=O) groups is 1. The first-order valence-corrected chi connectivity index (χ1v) is 6.38. The van der Waals surface area contributed by atoms with E-state index in [-0.39, 0.29) is 0 Å². The molecule has 0 unspecified atom stereocenters. The van der Waals surface area contributed by atoms with Gasteiger partial charge in [0.2, 0.25) is 0 Å². The number of H-pyrrole nitrogens is 1. The van der Waals surface area contributed by atoms with Gasteiger partial charge in [-0.1, -0.05) is 0 Å². The fourth-order valence-electron chi connectivity index (χ4n) is 2.50. The second kappa shape index (κ2) is 4.76. The summed E-state index contributed by atoms with van der Waals surface area (Å²) in [6.45, 7) is 1.82. The summed E-state index contributed by atoms with van der Waals surface area (Å²) >= 11 is 0. The Hall–Kier alpha value is -3.13. The second-order valence-corrected chi connectivity index (χ2v) is 4.78. The highest BCUT2D eigenvalue weighted by atomic mass is 16.1. The maximum Gasteiger partial charge on any atom is 0.265 e. The lowest BCUT2D eigenvalue weighted by atomic mass is 10.00. The van der Waals surface area contributed by atoms with Gasteiger partial charge < -0.3 is 10.7 Å². The lowest BCUT2D eigenvalue weighted by Crippen LogP contribution is -2.12. The fraction of sp³-hybridized carbons (Fsp3) is 0.0625. The zero-order valence-corrected chi connectivity index (χ0v) is 11.3. The van der Waals surface area contributed by atoms with Crippen LogP contribution in [0.2, 0.25) is 0 Å². The number of nitriles is 1. The van der Waals surface area contributed by atoms with Crippen molar-refractivity contribution in [1.29, 1.82) is 5.26 Å². The molecule has 0 atom stereocenters. The fourth-order valence-corrected chi connectivity index (χ4v) is 2.50. The molecule has 3 aromatic rings. The van der Waals surface area contributed by atoms with E-state index in [9.17, 15) is 10.1 Å². The minimum atomic E-state index is -0.511. The van der Waals surface area contributed by atoms with Gasteiger partial charge in [-0.2, -0.15) is 5.26 Å². The third kappa shape index (κ3) is 2.03. The highest BCUT2D eigenvalue weighted by Crippen LogP contribution is 2.32. The van der Waals surface area contributed by atoms with E-state index in [4.69, 9.17) is 5.73 Å². The van der Waals surface area contributed by atoms with Crippen LogP contribution in [0.1, 0.15) is 21.6 Å². The average Bonchev–Trinajstić information content (AvgIpc) is 2.84. The van der Waals surface area contributed by atoms with Gasteiger partial charge in [-0.05, 0) is 42.3 Å². The Kier molecular flexibility index (Phi) is 2.92. The molecule has 0 aliphatic carbocycles. The molecule has 1 aromatic carbocycles. The number of hydrogen-bond donors (Lipinski definition) is 2. The molecule has 21 heavy (non-hydrogen) atoms. The molecule has 0 aliphatic heterocycles. The number of carbonyl (C=O) groups excluding carboxylic acids is 1. The molecule has 0 spiro atoms. The number of hydrogen-bond acceptors (Lipinski definition) is 3. The van der Waals surface area contributed by atoms with Gasteiger partial charge >= 0.3 is 0 Å². The quantitative estimate of drug-likeness (QED) is 0.752. The van der Waals surface area contributed by atoms with Crippen LogP contribution in [0.5, 0.6) is 0 Å². The highest BCUT2D eigenvalue weighted by molar-refractivity contribution is 6.04. The Morgan fingerprint density at radius 1 is 1.33 bits per heavy atom. The smallest absolute Gasteiger partial charge is 0.265 e. The molecule has 0 fully saturated rings. The molecule has 2 heterocycles. The second-order valence-electron chi connectivity index (χ2n) is 4.78. The van der Waals surface area contributed by atoms with Gasteiger partial charge in [-0.3, -0.25) is 9.78 Å². The summed E-state index contributed by atoms with van der Waals surface area (Å²) < 4.78 is 0. The SMILES string of the molecule is Cc1c(C(N)=O)[nH]c2c(-c3ccncc3)cc(C#N)cc12. The summed E-state index contributed by atoms with van der Waals surface area (Å²) in [6, 6.07) is 9.42. The lowest BCUT2D eigenvalue weighted by molar-refractivity contribution is 0.0996. The van der Waals surface area contributed by atoms with Crippen molar-refractivity contribution < 1.29 is 4.79 Å². The van der Waals surface area contributed by atoms with E-state index in [1.54, 1.807) is 24.5 Å². The van der Waals surface area contributed by atoms with Crippen LogP contribution < -0.4 is 5.73 Å². The normalized spacial score (nSPS) is 10.5. The summed E-state index contributed by atoms with van der Waals surface area (Å²) in [4.78, 5) is 18.6. The Balaban J connectivity index is 2.41. The van der Waals surface area contributed by atoms with Crippen molar-refractivity contribution in [2.75, 3.05) is 0 Å². The molecule has 2 aromatic heterocycles. The van der Waals surface area contributed by atoms with Crippen LogP contribution in [0.3, 0.4) is 0 Å². The number of primary amides is 1. The standard InChI is InChI=1S/C16H12N4O/c1-9-12-6-10(8-17)7-13(11-2-4-19-5-3-11)15(12)20-14(9)16(18)21/h2-7,20H,1H3,(H2,18,21). The molecule has 102 valence electrons. The van der Waals surface area contributed by atoms with Gasteiger partial charge in [-0.15, -0.1) is 0 Å². The summed E-state index contributed by atoms with van der Waals surface area (Å²) in [5, 5.41) is 10.0. The minimum absolute atomic E-state index is 0.371. The van der Waals surface area contributed by atoms with Gasteiger partial charge in [-0.25, -0.2) is 0 Å². The van der Waals surface area contributed by atoms with E-state index in [1.807, 2.05) is 19.1 Å². The van der Waals surface area contributed by atoms with Gasteiger partial charge in [0, 0.05) is 23.3 Å². The molecule has 5 heteroatoms. The van der Waals surface area contributed by atoms with Crippen LogP contribution in [0.25, 0.3) is 22.0 Å². The summed E-state index contributed by atoms with van der Waals surface area (Å²) in [5.41, 5.74) is 9.62. The van der Waals surface area contributed by atoms with Crippen molar-refractivity contribution in [3.63, 3.8) is 0 Å². The first kappa shape index (κ1) is 12.9.